The van der Waals surface area contributed by atoms with E-state index in [2.05, 4.69) is 13.8 Å². The van der Waals surface area contributed by atoms with Crippen LogP contribution in [0.4, 0.5) is 13.2 Å². The molecule has 1 nitrogen and oxygen atoms in total. The summed E-state index contributed by atoms with van der Waals surface area (Å²) >= 11 is 0. The first-order valence-corrected chi connectivity index (χ1v) is 14.1. The minimum absolute atomic E-state index is 0.100. The summed E-state index contributed by atoms with van der Waals surface area (Å²) in [6.07, 6.45) is 13.3. The molecular weight excluding hydrogens is 481 g/mol. The fraction of sp³-hybridized carbons (Fsp3) is 0.412. The molecular formula is C34H39F3O. The Labute approximate surface area is 225 Å². The van der Waals surface area contributed by atoms with Crippen LogP contribution in [0.15, 0.2) is 54.6 Å². The molecule has 38 heavy (non-hydrogen) atoms. The molecule has 0 bridgehead atoms. The van der Waals surface area contributed by atoms with Crippen molar-refractivity contribution < 1.29 is 17.9 Å². The van der Waals surface area contributed by atoms with Crippen LogP contribution in [0.5, 0.6) is 5.75 Å². The van der Waals surface area contributed by atoms with E-state index < -0.39 is 11.6 Å². The van der Waals surface area contributed by atoms with Crippen LogP contribution >= 0.6 is 0 Å². The molecule has 202 valence electrons. The highest BCUT2D eigenvalue weighted by molar-refractivity contribution is 5.72. The number of halogens is 3. The Morgan fingerprint density at radius 3 is 2.16 bits per heavy atom. The van der Waals surface area contributed by atoms with Crippen molar-refractivity contribution in [2.45, 2.75) is 77.6 Å². The molecule has 0 atom stereocenters. The first kappa shape index (κ1) is 28.0. The largest absolute Gasteiger partial charge is 0.491 e. The Balaban J connectivity index is 1.37. The van der Waals surface area contributed by atoms with E-state index in [0.29, 0.717) is 23.7 Å². The fourth-order valence-electron chi connectivity index (χ4n) is 5.27. The lowest BCUT2D eigenvalue weighted by Crippen LogP contribution is -2.13. The molecule has 0 aliphatic heterocycles. The summed E-state index contributed by atoms with van der Waals surface area (Å²) in [5, 5.41) is 0. The molecule has 4 rings (SSSR count). The quantitative estimate of drug-likeness (QED) is 0.180. The van der Waals surface area contributed by atoms with Crippen molar-refractivity contribution in [2.24, 2.45) is 5.92 Å². The zero-order valence-corrected chi connectivity index (χ0v) is 22.6. The lowest BCUT2D eigenvalue weighted by atomic mass is 9.79. The van der Waals surface area contributed by atoms with Gasteiger partial charge >= 0.3 is 0 Å². The highest BCUT2D eigenvalue weighted by Gasteiger charge is 2.25. The summed E-state index contributed by atoms with van der Waals surface area (Å²) in [7, 11) is 0. The third kappa shape index (κ3) is 7.30. The molecule has 1 fully saturated rings. The third-order valence-corrected chi connectivity index (χ3v) is 7.72. The molecule has 1 saturated carbocycles. The second kappa shape index (κ2) is 13.7. The maximum absolute atomic E-state index is 15.0. The normalized spacial score (nSPS) is 17.7. The van der Waals surface area contributed by atoms with Crippen molar-refractivity contribution in [3.8, 4) is 16.9 Å². The van der Waals surface area contributed by atoms with Gasteiger partial charge in [0.1, 0.15) is 0 Å². The second-order valence-corrected chi connectivity index (χ2v) is 10.7. The van der Waals surface area contributed by atoms with Gasteiger partial charge in [-0.05, 0) is 65.5 Å². The molecule has 0 radical (unpaired) electrons. The van der Waals surface area contributed by atoms with E-state index in [4.69, 9.17) is 4.74 Å². The van der Waals surface area contributed by atoms with Crippen molar-refractivity contribution in [3.05, 3.63) is 88.7 Å². The minimum atomic E-state index is -0.775. The summed E-state index contributed by atoms with van der Waals surface area (Å²) in [6.45, 7) is 4.92. The number of ether oxygens (including phenoxy) is 1. The summed E-state index contributed by atoms with van der Waals surface area (Å²) in [5.41, 5.74) is 3.02. The van der Waals surface area contributed by atoms with Gasteiger partial charge in [-0.2, -0.15) is 0 Å². The predicted octanol–water partition coefficient (Wildman–Crippen LogP) is 10.6. The molecule has 0 amide bonds. The van der Waals surface area contributed by atoms with Crippen molar-refractivity contribution in [2.75, 3.05) is 6.61 Å². The van der Waals surface area contributed by atoms with E-state index >= 15 is 4.39 Å². The molecule has 3 aromatic carbocycles. The van der Waals surface area contributed by atoms with E-state index in [1.807, 2.05) is 30.4 Å². The first-order valence-electron chi connectivity index (χ1n) is 14.1. The molecule has 0 heterocycles. The number of rotatable bonds is 11. The van der Waals surface area contributed by atoms with Crippen LogP contribution in [0.2, 0.25) is 0 Å². The van der Waals surface area contributed by atoms with Crippen LogP contribution in [0.1, 0.15) is 94.2 Å². The van der Waals surface area contributed by atoms with Crippen LogP contribution in [0, 0.1) is 23.4 Å². The van der Waals surface area contributed by atoms with Crippen LogP contribution in [-0.2, 0) is 0 Å². The minimum Gasteiger partial charge on any atom is -0.491 e. The fourth-order valence-corrected chi connectivity index (χ4v) is 5.27. The van der Waals surface area contributed by atoms with Gasteiger partial charge in [0.25, 0.3) is 0 Å². The van der Waals surface area contributed by atoms with E-state index in [1.165, 1.54) is 25.3 Å². The van der Waals surface area contributed by atoms with E-state index in [0.717, 1.165) is 49.7 Å². The SMILES string of the molecule is CCCCCCCOc1ccc(/C=C/c2ccc(-c3ccc(C4CCC(C)CC4)c(F)c3F)cc2)cc1F. The Bertz CT molecular complexity index is 1210. The van der Waals surface area contributed by atoms with Gasteiger partial charge in [0.2, 0.25) is 0 Å². The summed E-state index contributed by atoms with van der Waals surface area (Å²) in [4.78, 5) is 0. The monoisotopic (exact) mass is 520 g/mol. The van der Waals surface area contributed by atoms with Crippen molar-refractivity contribution in [3.63, 3.8) is 0 Å². The Hall–Kier alpha value is -3.01. The van der Waals surface area contributed by atoms with Gasteiger partial charge in [0, 0.05) is 5.56 Å². The van der Waals surface area contributed by atoms with Crippen LogP contribution in [-0.4, -0.2) is 6.61 Å². The Kier molecular flexibility index (Phi) is 10.1. The molecule has 3 aromatic rings. The average molecular weight is 521 g/mol. The summed E-state index contributed by atoms with van der Waals surface area (Å²) < 4.78 is 50.1. The molecule has 1 aliphatic rings. The van der Waals surface area contributed by atoms with E-state index in [-0.39, 0.29) is 23.0 Å². The molecule has 0 aromatic heterocycles. The maximum atomic E-state index is 15.0. The first-order chi connectivity index (χ1) is 18.5. The number of hydrogen-bond donors (Lipinski definition) is 0. The summed E-state index contributed by atoms with van der Waals surface area (Å²) in [6, 6.07) is 15.7. The zero-order valence-electron chi connectivity index (χ0n) is 22.6. The number of benzene rings is 3. The number of unbranched alkanes of at least 4 members (excludes halogenated alkanes) is 4. The van der Waals surface area contributed by atoms with E-state index in [9.17, 15) is 8.78 Å². The van der Waals surface area contributed by atoms with E-state index in [1.54, 1.807) is 30.3 Å². The predicted molar refractivity (Wildman–Crippen MR) is 152 cm³/mol. The zero-order chi connectivity index (χ0) is 26.9. The highest BCUT2D eigenvalue weighted by Crippen LogP contribution is 2.38. The van der Waals surface area contributed by atoms with Crippen molar-refractivity contribution >= 4 is 12.2 Å². The smallest absolute Gasteiger partial charge is 0.166 e. The van der Waals surface area contributed by atoms with Crippen molar-refractivity contribution in [1.82, 2.24) is 0 Å². The summed E-state index contributed by atoms with van der Waals surface area (Å²) in [5.74, 6) is -0.822. The van der Waals surface area contributed by atoms with Gasteiger partial charge in [-0.3, -0.25) is 0 Å². The van der Waals surface area contributed by atoms with Gasteiger partial charge in [-0.25, -0.2) is 13.2 Å². The van der Waals surface area contributed by atoms with Gasteiger partial charge in [-0.1, -0.05) is 107 Å². The van der Waals surface area contributed by atoms with Gasteiger partial charge in [-0.15, -0.1) is 0 Å². The molecule has 0 spiro atoms. The molecule has 0 unspecified atom stereocenters. The van der Waals surface area contributed by atoms with Crippen molar-refractivity contribution in [1.29, 1.82) is 0 Å². The lowest BCUT2D eigenvalue weighted by molar-refractivity contribution is 0.290. The topological polar surface area (TPSA) is 9.23 Å². The average Bonchev–Trinajstić information content (AvgIpc) is 2.93. The second-order valence-electron chi connectivity index (χ2n) is 10.7. The van der Waals surface area contributed by atoms with Crippen LogP contribution < -0.4 is 4.74 Å². The van der Waals surface area contributed by atoms with Gasteiger partial charge in [0.15, 0.2) is 23.2 Å². The molecule has 4 heteroatoms. The molecule has 0 saturated heterocycles. The number of hydrogen-bond acceptors (Lipinski definition) is 1. The third-order valence-electron chi connectivity index (χ3n) is 7.72. The molecule has 0 N–H and O–H groups in total. The standard InChI is InChI=1S/C34H39F3O/c1-3-4-5-6-7-22-38-32-21-14-26(23-31(32)35)11-10-25-12-17-28(18-13-25)30-20-19-29(33(36)34(30)37)27-15-8-24(2)9-16-27/h10-14,17-21,23-24,27H,3-9,15-16,22H2,1-2H3/b11-10+. The van der Waals surface area contributed by atoms with Crippen LogP contribution in [0.25, 0.3) is 23.3 Å². The Morgan fingerprint density at radius 1 is 0.763 bits per heavy atom. The maximum Gasteiger partial charge on any atom is 0.166 e. The lowest BCUT2D eigenvalue weighted by Gasteiger charge is -2.27. The van der Waals surface area contributed by atoms with Gasteiger partial charge < -0.3 is 4.74 Å². The van der Waals surface area contributed by atoms with Gasteiger partial charge in [0.05, 0.1) is 6.61 Å². The molecule has 1 aliphatic carbocycles. The van der Waals surface area contributed by atoms with Crippen LogP contribution in [0.3, 0.4) is 0 Å². The highest BCUT2D eigenvalue weighted by atomic mass is 19.2. The Morgan fingerprint density at radius 2 is 1.45 bits per heavy atom.